The maximum atomic E-state index is 4.51. The van der Waals surface area contributed by atoms with Crippen LogP contribution in [-0.4, -0.2) is 42.1 Å². The van der Waals surface area contributed by atoms with Gasteiger partial charge in [0.1, 0.15) is 5.82 Å². The van der Waals surface area contributed by atoms with Gasteiger partial charge in [0.05, 0.1) is 0 Å². The molecule has 3 heterocycles. The summed E-state index contributed by atoms with van der Waals surface area (Å²) >= 11 is 3.44. The van der Waals surface area contributed by atoms with Crippen LogP contribution in [0.3, 0.4) is 0 Å². The Kier molecular flexibility index (Phi) is 3.09. The lowest BCUT2D eigenvalue weighted by atomic mass is 10.1. The number of likely N-dealkylation sites (N-methyl/N-ethyl adjacent to an activating group) is 1. The van der Waals surface area contributed by atoms with Crippen LogP contribution in [0.25, 0.3) is 0 Å². The first kappa shape index (κ1) is 11.5. The molecular weight excluding hydrogens is 278 g/mol. The van der Waals surface area contributed by atoms with Crippen LogP contribution in [0.4, 0.5) is 5.82 Å². The van der Waals surface area contributed by atoms with Crippen molar-refractivity contribution in [2.45, 2.75) is 31.3 Å². The summed E-state index contributed by atoms with van der Waals surface area (Å²) in [5.41, 5.74) is 0. The van der Waals surface area contributed by atoms with Crippen molar-refractivity contribution < 1.29 is 0 Å². The fourth-order valence-corrected chi connectivity index (χ4v) is 3.31. The number of anilines is 1. The molecule has 1 aromatic heterocycles. The predicted octanol–water partition coefficient (Wildman–Crippen LogP) is 2.52. The number of aromatic nitrogens is 1. The van der Waals surface area contributed by atoms with Gasteiger partial charge >= 0.3 is 0 Å². The van der Waals surface area contributed by atoms with E-state index < -0.39 is 0 Å². The molecule has 2 bridgehead atoms. The summed E-state index contributed by atoms with van der Waals surface area (Å²) in [6.45, 7) is 2.27. The molecule has 2 atom stereocenters. The molecule has 0 saturated carbocycles. The van der Waals surface area contributed by atoms with Crippen LogP contribution in [0.15, 0.2) is 22.8 Å². The van der Waals surface area contributed by atoms with Crippen molar-refractivity contribution in [1.29, 1.82) is 0 Å². The number of hydrogen-bond acceptors (Lipinski definition) is 3. The van der Waals surface area contributed by atoms with Gasteiger partial charge in [0.2, 0.25) is 0 Å². The van der Waals surface area contributed by atoms with Gasteiger partial charge in [0, 0.05) is 35.8 Å². The molecule has 2 aliphatic heterocycles. The largest absolute Gasteiger partial charge is 0.355 e. The van der Waals surface area contributed by atoms with E-state index in [2.05, 4.69) is 49.9 Å². The topological polar surface area (TPSA) is 19.4 Å². The fraction of sp³-hybridized carbons (Fsp3) is 0.615. The number of nitrogens with zero attached hydrogens (tertiary/aromatic N) is 3. The molecule has 17 heavy (non-hydrogen) atoms. The van der Waals surface area contributed by atoms with Crippen LogP contribution in [-0.2, 0) is 0 Å². The van der Waals surface area contributed by atoms with E-state index in [1.807, 2.05) is 6.20 Å². The van der Waals surface area contributed by atoms with Crippen molar-refractivity contribution in [2.24, 2.45) is 0 Å². The van der Waals surface area contributed by atoms with Gasteiger partial charge in [-0.25, -0.2) is 4.98 Å². The number of hydrogen-bond donors (Lipinski definition) is 0. The smallest absolute Gasteiger partial charge is 0.128 e. The summed E-state index contributed by atoms with van der Waals surface area (Å²) in [4.78, 5) is 9.52. The SMILES string of the molecule is CN1C2CCC1CN(c1ccc(Br)cn1)CC2. The second kappa shape index (κ2) is 4.58. The lowest BCUT2D eigenvalue weighted by Gasteiger charge is -2.26. The third-order valence-electron chi connectivity index (χ3n) is 4.18. The molecule has 0 spiro atoms. The van der Waals surface area contributed by atoms with Crippen molar-refractivity contribution in [1.82, 2.24) is 9.88 Å². The van der Waals surface area contributed by atoms with E-state index in [0.29, 0.717) is 6.04 Å². The molecule has 2 unspecified atom stereocenters. The summed E-state index contributed by atoms with van der Waals surface area (Å²) in [6.07, 6.45) is 5.88. The van der Waals surface area contributed by atoms with E-state index in [9.17, 15) is 0 Å². The lowest BCUT2D eigenvalue weighted by Crippen LogP contribution is -2.36. The van der Waals surface area contributed by atoms with Crippen molar-refractivity contribution in [3.8, 4) is 0 Å². The fourth-order valence-electron chi connectivity index (χ4n) is 3.07. The Morgan fingerprint density at radius 3 is 2.82 bits per heavy atom. The summed E-state index contributed by atoms with van der Waals surface area (Å²) in [5, 5.41) is 0. The molecule has 2 aliphatic rings. The Hall–Kier alpha value is -0.610. The molecule has 2 fully saturated rings. The van der Waals surface area contributed by atoms with Crippen molar-refractivity contribution >= 4 is 21.7 Å². The molecule has 3 nitrogen and oxygen atoms in total. The molecule has 92 valence electrons. The van der Waals surface area contributed by atoms with Gasteiger partial charge in [-0.2, -0.15) is 0 Å². The van der Waals surface area contributed by atoms with E-state index in [0.717, 1.165) is 29.4 Å². The highest BCUT2D eigenvalue weighted by Gasteiger charge is 2.34. The van der Waals surface area contributed by atoms with Crippen molar-refractivity contribution in [2.75, 3.05) is 25.0 Å². The van der Waals surface area contributed by atoms with E-state index in [1.165, 1.54) is 19.3 Å². The van der Waals surface area contributed by atoms with Gasteiger partial charge in [0.15, 0.2) is 0 Å². The number of fused-ring (bicyclic) bond motifs is 2. The van der Waals surface area contributed by atoms with E-state index in [-0.39, 0.29) is 0 Å². The Morgan fingerprint density at radius 2 is 2.06 bits per heavy atom. The minimum absolute atomic E-state index is 0.716. The van der Waals surface area contributed by atoms with Gasteiger partial charge in [-0.1, -0.05) is 0 Å². The van der Waals surface area contributed by atoms with Gasteiger partial charge in [-0.15, -0.1) is 0 Å². The van der Waals surface area contributed by atoms with E-state index >= 15 is 0 Å². The highest BCUT2D eigenvalue weighted by Crippen LogP contribution is 2.30. The summed E-state index contributed by atoms with van der Waals surface area (Å²) in [6, 6.07) is 5.70. The molecule has 3 rings (SSSR count). The average molecular weight is 296 g/mol. The normalized spacial score (nSPS) is 29.4. The Balaban J connectivity index is 1.79. The number of pyridine rings is 1. The lowest BCUT2D eigenvalue weighted by molar-refractivity contribution is 0.254. The first-order valence-corrected chi connectivity index (χ1v) is 7.12. The van der Waals surface area contributed by atoms with Crippen LogP contribution < -0.4 is 4.90 Å². The maximum absolute atomic E-state index is 4.51. The van der Waals surface area contributed by atoms with Crippen molar-refractivity contribution in [3.63, 3.8) is 0 Å². The maximum Gasteiger partial charge on any atom is 0.128 e. The minimum Gasteiger partial charge on any atom is -0.355 e. The van der Waals surface area contributed by atoms with Gasteiger partial charge in [-0.05, 0) is 54.4 Å². The van der Waals surface area contributed by atoms with E-state index in [4.69, 9.17) is 0 Å². The van der Waals surface area contributed by atoms with Gasteiger partial charge in [-0.3, -0.25) is 4.90 Å². The zero-order chi connectivity index (χ0) is 11.8. The third kappa shape index (κ3) is 2.20. The van der Waals surface area contributed by atoms with Gasteiger partial charge in [0.25, 0.3) is 0 Å². The van der Waals surface area contributed by atoms with Crippen LogP contribution in [0, 0.1) is 0 Å². The molecule has 4 heteroatoms. The monoisotopic (exact) mass is 295 g/mol. The Labute approximate surface area is 111 Å². The molecule has 0 aliphatic carbocycles. The Bertz CT molecular complexity index is 392. The van der Waals surface area contributed by atoms with Crippen LogP contribution in [0.5, 0.6) is 0 Å². The number of halogens is 1. The summed E-state index contributed by atoms with van der Waals surface area (Å²) < 4.78 is 1.05. The molecule has 0 amide bonds. The third-order valence-corrected chi connectivity index (χ3v) is 4.65. The molecule has 0 N–H and O–H groups in total. The second-order valence-electron chi connectivity index (χ2n) is 5.12. The molecule has 2 saturated heterocycles. The summed E-state index contributed by atoms with van der Waals surface area (Å²) in [7, 11) is 2.28. The van der Waals surface area contributed by atoms with Gasteiger partial charge < -0.3 is 4.90 Å². The average Bonchev–Trinajstić information content (AvgIpc) is 2.55. The highest BCUT2D eigenvalue weighted by atomic mass is 79.9. The minimum atomic E-state index is 0.716. The molecule has 0 aromatic carbocycles. The predicted molar refractivity (Wildman–Crippen MR) is 73.3 cm³/mol. The van der Waals surface area contributed by atoms with Crippen LogP contribution in [0.2, 0.25) is 0 Å². The highest BCUT2D eigenvalue weighted by molar-refractivity contribution is 9.10. The standard InChI is InChI=1S/C13H18BrN3/c1-16-11-3-4-12(16)9-17(7-6-11)13-5-2-10(14)8-15-13/h2,5,8,11-12H,3-4,6-7,9H2,1H3. The molecular formula is C13H18BrN3. The zero-order valence-electron chi connectivity index (χ0n) is 10.1. The zero-order valence-corrected chi connectivity index (χ0v) is 11.7. The van der Waals surface area contributed by atoms with E-state index in [1.54, 1.807) is 0 Å². The first-order valence-electron chi connectivity index (χ1n) is 6.32. The first-order chi connectivity index (χ1) is 8.24. The Morgan fingerprint density at radius 1 is 1.24 bits per heavy atom. The molecule has 1 aromatic rings. The summed E-state index contributed by atoms with van der Waals surface area (Å²) in [5.74, 6) is 1.12. The van der Waals surface area contributed by atoms with Crippen LogP contribution in [0.1, 0.15) is 19.3 Å². The quantitative estimate of drug-likeness (QED) is 0.794. The van der Waals surface area contributed by atoms with Crippen molar-refractivity contribution in [3.05, 3.63) is 22.8 Å². The number of rotatable bonds is 1. The van der Waals surface area contributed by atoms with Crippen LogP contribution >= 0.6 is 15.9 Å². The second-order valence-corrected chi connectivity index (χ2v) is 6.04. The molecule has 0 radical (unpaired) electrons.